The van der Waals surface area contributed by atoms with Crippen molar-refractivity contribution in [1.29, 1.82) is 0 Å². The second kappa shape index (κ2) is 13.4. The minimum absolute atomic E-state index is 0.167. The normalized spacial score (nSPS) is 11.8. The Labute approximate surface area is 239 Å². The van der Waals surface area contributed by atoms with Crippen LogP contribution >= 0.6 is 15.9 Å². The Morgan fingerprint density at radius 3 is 2.28 bits per heavy atom. The molecule has 5 nitrogen and oxygen atoms in total. The summed E-state index contributed by atoms with van der Waals surface area (Å²) in [6.07, 6.45) is 0.405. The van der Waals surface area contributed by atoms with Gasteiger partial charge in [-0.25, -0.2) is 0 Å². The van der Waals surface area contributed by atoms with Crippen molar-refractivity contribution >= 4 is 38.5 Å². The number of rotatable bonds is 11. The van der Waals surface area contributed by atoms with Crippen LogP contribution in [0.5, 0.6) is 5.75 Å². The summed E-state index contributed by atoms with van der Waals surface area (Å²) in [5.74, 6) is 0.457. The van der Waals surface area contributed by atoms with Gasteiger partial charge in [0.05, 0.1) is 4.47 Å². The molecular formula is C33H35BrN2O3. The summed E-state index contributed by atoms with van der Waals surface area (Å²) in [6.45, 7) is 6.78. The van der Waals surface area contributed by atoms with Gasteiger partial charge in [-0.05, 0) is 56.7 Å². The van der Waals surface area contributed by atoms with Crippen LogP contribution in [0, 0.1) is 12.8 Å². The van der Waals surface area contributed by atoms with Crippen LogP contribution in [0.15, 0.2) is 95.5 Å². The molecule has 0 spiro atoms. The summed E-state index contributed by atoms with van der Waals surface area (Å²) in [5.41, 5.74) is 3.08. The second-order valence-electron chi connectivity index (χ2n) is 10.2. The molecule has 0 radical (unpaired) electrons. The zero-order chi connectivity index (χ0) is 27.8. The van der Waals surface area contributed by atoms with Gasteiger partial charge < -0.3 is 15.0 Å². The third-order valence-electron chi connectivity index (χ3n) is 6.61. The molecule has 202 valence electrons. The van der Waals surface area contributed by atoms with Crippen LogP contribution in [0.25, 0.3) is 10.8 Å². The summed E-state index contributed by atoms with van der Waals surface area (Å²) >= 11 is 3.65. The molecule has 0 aromatic heterocycles. The monoisotopic (exact) mass is 586 g/mol. The standard InChI is InChI=1S/C33H35BrN2O3/c1-23(2)20-35-33(38)29(19-25-9-5-4-6-10-25)36(21-26-15-13-24(3)14-16-26)31(37)22-39-30-18-17-27-11-7-8-12-28(27)32(30)34/h4-18,23,29H,19-22H2,1-3H3,(H,35,38)/t29-/m0/s1. The van der Waals surface area contributed by atoms with Gasteiger partial charge in [0.2, 0.25) is 5.91 Å². The quantitative estimate of drug-likeness (QED) is 0.213. The van der Waals surface area contributed by atoms with Gasteiger partial charge in [0.25, 0.3) is 5.91 Å². The molecule has 0 unspecified atom stereocenters. The maximum absolute atomic E-state index is 13.8. The van der Waals surface area contributed by atoms with Crippen molar-refractivity contribution in [3.63, 3.8) is 0 Å². The zero-order valence-electron chi connectivity index (χ0n) is 22.7. The van der Waals surface area contributed by atoms with Crippen LogP contribution in [0.1, 0.15) is 30.5 Å². The number of hydrogen-bond donors (Lipinski definition) is 1. The highest BCUT2D eigenvalue weighted by Crippen LogP contribution is 2.33. The molecule has 0 saturated heterocycles. The van der Waals surface area contributed by atoms with E-state index in [1.54, 1.807) is 4.90 Å². The Balaban J connectivity index is 1.63. The maximum atomic E-state index is 13.8. The predicted octanol–water partition coefficient (Wildman–Crippen LogP) is 6.70. The number of halogens is 1. The largest absolute Gasteiger partial charge is 0.483 e. The lowest BCUT2D eigenvalue weighted by molar-refractivity contribution is -0.142. The SMILES string of the molecule is Cc1ccc(CN(C(=O)COc2ccc3ccccc3c2Br)[C@@H](Cc2ccccc2)C(=O)NCC(C)C)cc1. The van der Waals surface area contributed by atoms with Crippen LogP contribution < -0.4 is 10.1 Å². The fourth-order valence-electron chi connectivity index (χ4n) is 4.41. The lowest BCUT2D eigenvalue weighted by atomic mass is 10.0. The van der Waals surface area contributed by atoms with Crippen LogP contribution in [0.3, 0.4) is 0 Å². The van der Waals surface area contributed by atoms with Crippen molar-refractivity contribution in [2.45, 2.75) is 39.8 Å². The Bertz CT molecular complexity index is 1400. The number of hydrogen-bond acceptors (Lipinski definition) is 3. The zero-order valence-corrected chi connectivity index (χ0v) is 24.3. The van der Waals surface area contributed by atoms with Crippen molar-refractivity contribution in [1.82, 2.24) is 10.2 Å². The highest BCUT2D eigenvalue weighted by molar-refractivity contribution is 9.10. The maximum Gasteiger partial charge on any atom is 0.261 e. The minimum atomic E-state index is -0.691. The van der Waals surface area contributed by atoms with Gasteiger partial charge in [-0.3, -0.25) is 9.59 Å². The molecule has 0 aliphatic carbocycles. The fourth-order valence-corrected chi connectivity index (χ4v) is 5.02. The molecule has 4 rings (SSSR count). The van der Waals surface area contributed by atoms with Gasteiger partial charge in [0.15, 0.2) is 6.61 Å². The molecule has 6 heteroatoms. The first-order valence-electron chi connectivity index (χ1n) is 13.3. The molecule has 2 amide bonds. The number of fused-ring (bicyclic) bond motifs is 1. The van der Waals surface area contributed by atoms with Crippen LogP contribution in [-0.2, 0) is 22.6 Å². The molecule has 39 heavy (non-hydrogen) atoms. The number of nitrogens with zero attached hydrogens (tertiary/aromatic N) is 1. The third-order valence-corrected chi connectivity index (χ3v) is 7.43. The van der Waals surface area contributed by atoms with Gasteiger partial charge in [-0.1, -0.05) is 104 Å². The lowest BCUT2D eigenvalue weighted by Gasteiger charge is -2.32. The Morgan fingerprint density at radius 2 is 1.56 bits per heavy atom. The van der Waals surface area contributed by atoms with E-state index in [4.69, 9.17) is 4.74 Å². The first kappa shape index (κ1) is 28.4. The average molecular weight is 588 g/mol. The van der Waals surface area contributed by atoms with Crippen molar-refractivity contribution in [3.8, 4) is 5.75 Å². The summed E-state index contributed by atoms with van der Waals surface area (Å²) in [4.78, 5) is 29.1. The van der Waals surface area contributed by atoms with Crippen molar-refractivity contribution in [2.24, 2.45) is 5.92 Å². The Morgan fingerprint density at radius 1 is 0.872 bits per heavy atom. The van der Waals surface area contributed by atoms with Crippen LogP contribution in [-0.4, -0.2) is 35.9 Å². The van der Waals surface area contributed by atoms with E-state index < -0.39 is 6.04 Å². The predicted molar refractivity (Wildman–Crippen MR) is 161 cm³/mol. The van der Waals surface area contributed by atoms with E-state index in [9.17, 15) is 9.59 Å². The van der Waals surface area contributed by atoms with Gasteiger partial charge in [0.1, 0.15) is 11.8 Å². The Hall–Kier alpha value is -3.64. The summed E-state index contributed by atoms with van der Waals surface area (Å²) < 4.78 is 6.85. The summed E-state index contributed by atoms with van der Waals surface area (Å²) in [5, 5.41) is 5.14. The fraction of sp³-hybridized carbons (Fsp3) is 0.273. The van der Waals surface area contributed by atoms with E-state index in [0.29, 0.717) is 31.2 Å². The number of amides is 2. The van der Waals surface area contributed by atoms with E-state index in [1.807, 2.05) is 97.9 Å². The molecule has 0 aliphatic heterocycles. The van der Waals surface area contributed by atoms with Crippen molar-refractivity contribution < 1.29 is 14.3 Å². The molecular weight excluding hydrogens is 552 g/mol. The first-order valence-corrected chi connectivity index (χ1v) is 14.1. The van der Waals surface area contributed by atoms with E-state index in [2.05, 4.69) is 35.1 Å². The first-order chi connectivity index (χ1) is 18.8. The van der Waals surface area contributed by atoms with Gasteiger partial charge in [-0.15, -0.1) is 0 Å². The second-order valence-corrected chi connectivity index (χ2v) is 11.0. The highest BCUT2D eigenvalue weighted by atomic mass is 79.9. The van der Waals surface area contributed by atoms with E-state index in [-0.39, 0.29) is 18.4 Å². The average Bonchev–Trinajstić information content (AvgIpc) is 2.94. The highest BCUT2D eigenvalue weighted by Gasteiger charge is 2.31. The number of carbonyl (C=O) groups is 2. The molecule has 1 N–H and O–H groups in total. The van der Waals surface area contributed by atoms with Crippen LogP contribution in [0.4, 0.5) is 0 Å². The van der Waals surface area contributed by atoms with Crippen LogP contribution in [0.2, 0.25) is 0 Å². The molecule has 1 atom stereocenters. The van der Waals surface area contributed by atoms with Gasteiger partial charge in [-0.2, -0.15) is 0 Å². The van der Waals surface area contributed by atoms with E-state index >= 15 is 0 Å². The topological polar surface area (TPSA) is 58.6 Å². The number of nitrogens with one attached hydrogen (secondary N) is 1. The molecule has 0 aliphatic rings. The molecule has 0 heterocycles. The van der Waals surface area contributed by atoms with Crippen molar-refractivity contribution in [2.75, 3.05) is 13.2 Å². The lowest BCUT2D eigenvalue weighted by Crippen LogP contribution is -2.52. The van der Waals surface area contributed by atoms with Crippen molar-refractivity contribution in [3.05, 3.63) is 112 Å². The number of ether oxygens (including phenoxy) is 1. The summed E-state index contributed by atoms with van der Waals surface area (Å²) in [7, 11) is 0. The third kappa shape index (κ3) is 7.70. The number of carbonyl (C=O) groups excluding carboxylic acids is 2. The molecule has 4 aromatic carbocycles. The van der Waals surface area contributed by atoms with Gasteiger partial charge in [0, 0.05) is 19.5 Å². The van der Waals surface area contributed by atoms with Gasteiger partial charge >= 0.3 is 0 Å². The molecule has 0 fully saturated rings. The summed E-state index contributed by atoms with van der Waals surface area (Å²) in [6, 6.07) is 29.0. The molecule has 0 saturated carbocycles. The molecule has 4 aromatic rings. The minimum Gasteiger partial charge on any atom is -0.483 e. The number of benzene rings is 4. The molecule has 0 bridgehead atoms. The smallest absolute Gasteiger partial charge is 0.261 e. The van der Waals surface area contributed by atoms with E-state index in [0.717, 1.165) is 31.9 Å². The number of aryl methyl sites for hydroxylation is 1. The Kier molecular flexibility index (Phi) is 9.77. The van der Waals surface area contributed by atoms with E-state index in [1.165, 1.54) is 0 Å².